The molecule has 3 nitrogen and oxygen atoms in total. The van der Waals surface area contributed by atoms with Crippen LogP contribution in [0.25, 0.3) is 100.0 Å². The van der Waals surface area contributed by atoms with Crippen molar-refractivity contribution in [3.63, 3.8) is 0 Å². The highest BCUT2D eigenvalue weighted by Gasteiger charge is 2.37. The van der Waals surface area contributed by atoms with Crippen LogP contribution in [0.1, 0.15) is 0 Å². The number of hydrogen-bond donors (Lipinski definition) is 0. The highest BCUT2D eigenvalue weighted by molar-refractivity contribution is 7.79. The topological polar surface area (TPSA) is 42.9 Å². The lowest BCUT2D eigenvalue weighted by atomic mass is 9.85. The molecule has 59 heavy (non-hydrogen) atoms. The SMILES string of the molecule is CP1(=O)c2ccccc2-c2cccc(-c3c4ccccc4c(-c4ccc(-c5cc(-c6ccc(-c7ccccc7)cc6)nc(-c6ccccc6)n5)cc4)c4ccccc34)c21. The van der Waals surface area contributed by atoms with Gasteiger partial charge in [0.25, 0.3) is 0 Å². The van der Waals surface area contributed by atoms with Gasteiger partial charge in [-0.25, -0.2) is 9.97 Å². The first-order chi connectivity index (χ1) is 29.0. The summed E-state index contributed by atoms with van der Waals surface area (Å²) in [5.74, 6) is 0.689. The van der Waals surface area contributed by atoms with Crippen LogP contribution in [0.15, 0.2) is 206 Å². The van der Waals surface area contributed by atoms with Gasteiger partial charge in [-0.3, -0.25) is 0 Å². The first-order valence-electron chi connectivity index (χ1n) is 20.0. The Balaban J connectivity index is 1.05. The van der Waals surface area contributed by atoms with Gasteiger partial charge in [-0.05, 0) is 78.8 Å². The number of rotatable bonds is 6. The van der Waals surface area contributed by atoms with Crippen LogP contribution in [0.2, 0.25) is 0 Å². The van der Waals surface area contributed by atoms with Crippen molar-refractivity contribution in [3.05, 3.63) is 206 Å². The van der Waals surface area contributed by atoms with Crippen LogP contribution in [0.3, 0.4) is 0 Å². The summed E-state index contributed by atoms with van der Waals surface area (Å²) in [5.41, 5.74) is 13.7. The Morgan fingerprint density at radius 3 is 1.37 bits per heavy atom. The maximum atomic E-state index is 14.8. The van der Waals surface area contributed by atoms with Crippen LogP contribution in [0.5, 0.6) is 0 Å². The molecule has 1 aliphatic heterocycles. The van der Waals surface area contributed by atoms with E-state index in [0.29, 0.717) is 5.82 Å². The Kier molecular flexibility index (Phi) is 8.32. The lowest BCUT2D eigenvalue weighted by molar-refractivity contribution is 0.591. The van der Waals surface area contributed by atoms with E-state index in [0.717, 1.165) is 88.0 Å². The molecule has 11 rings (SSSR count). The van der Waals surface area contributed by atoms with Gasteiger partial charge in [-0.15, -0.1) is 0 Å². The van der Waals surface area contributed by atoms with E-state index in [1.54, 1.807) is 0 Å². The van der Waals surface area contributed by atoms with Crippen LogP contribution in [0.4, 0.5) is 0 Å². The summed E-state index contributed by atoms with van der Waals surface area (Å²) in [6.07, 6.45) is 0. The van der Waals surface area contributed by atoms with Gasteiger partial charge in [0.15, 0.2) is 5.82 Å². The van der Waals surface area contributed by atoms with E-state index in [1.807, 2.05) is 49.1 Å². The summed E-state index contributed by atoms with van der Waals surface area (Å²) < 4.78 is 14.8. The van der Waals surface area contributed by atoms with E-state index in [1.165, 1.54) is 16.7 Å². The number of benzene rings is 9. The molecule has 0 saturated carbocycles. The molecule has 1 atom stereocenters. The van der Waals surface area contributed by atoms with E-state index >= 15 is 0 Å². The minimum Gasteiger partial charge on any atom is -0.314 e. The second-order valence-electron chi connectivity index (χ2n) is 15.3. The van der Waals surface area contributed by atoms with Crippen LogP contribution >= 0.6 is 7.14 Å². The number of hydrogen-bond acceptors (Lipinski definition) is 3. The molecule has 0 fully saturated rings. The molecule has 4 heteroatoms. The minimum atomic E-state index is -2.86. The molecule has 1 unspecified atom stereocenters. The van der Waals surface area contributed by atoms with Crippen molar-refractivity contribution < 1.29 is 4.57 Å². The first-order valence-corrected chi connectivity index (χ1v) is 22.1. The Hall–Kier alpha value is -7.19. The average Bonchev–Trinajstić information content (AvgIpc) is 3.54. The van der Waals surface area contributed by atoms with Gasteiger partial charge in [0.2, 0.25) is 0 Å². The van der Waals surface area contributed by atoms with Gasteiger partial charge in [0.05, 0.1) is 11.4 Å². The van der Waals surface area contributed by atoms with Crippen molar-refractivity contribution in [1.82, 2.24) is 9.97 Å². The van der Waals surface area contributed by atoms with E-state index < -0.39 is 7.14 Å². The van der Waals surface area contributed by atoms with Crippen LogP contribution in [0, 0.1) is 0 Å². The molecule has 0 N–H and O–H groups in total. The van der Waals surface area contributed by atoms with Gasteiger partial charge in [-0.2, -0.15) is 0 Å². The third-order valence-corrected chi connectivity index (χ3v) is 14.5. The fourth-order valence-corrected chi connectivity index (χ4v) is 11.6. The summed E-state index contributed by atoms with van der Waals surface area (Å²) in [6.45, 7) is 1.94. The Bertz CT molecular complexity index is 3230. The molecule has 9 aromatic carbocycles. The summed E-state index contributed by atoms with van der Waals surface area (Å²) in [4.78, 5) is 10.2. The standard InChI is InChI=1S/C55H37N2OP/c1-59(58)51-26-13-12-19-42(51)47-24-14-25-48(54(47)59)53-45-22-10-8-20-43(45)52(44-21-9-11-23-46(44)53)40-33-31-39(32-34-40)50-35-49(56-55(57-50)41-17-6-3-7-18-41)38-29-27-37(28-30-38)36-15-4-2-5-16-36/h2-35H,1H3. The molecule has 1 aromatic heterocycles. The van der Waals surface area contributed by atoms with Crippen LogP contribution < -0.4 is 10.6 Å². The highest BCUT2D eigenvalue weighted by Crippen LogP contribution is 2.54. The molecule has 0 spiro atoms. The maximum Gasteiger partial charge on any atom is 0.160 e. The van der Waals surface area contributed by atoms with Gasteiger partial charge >= 0.3 is 0 Å². The fraction of sp³-hybridized carbons (Fsp3) is 0.0182. The Labute approximate surface area is 343 Å². The zero-order chi connectivity index (χ0) is 39.5. The second kappa shape index (κ2) is 14.0. The van der Waals surface area contributed by atoms with Crippen LogP contribution in [-0.4, -0.2) is 16.6 Å². The van der Waals surface area contributed by atoms with Crippen molar-refractivity contribution in [2.24, 2.45) is 0 Å². The highest BCUT2D eigenvalue weighted by atomic mass is 31.2. The van der Waals surface area contributed by atoms with E-state index in [-0.39, 0.29) is 0 Å². The van der Waals surface area contributed by atoms with Gasteiger partial charge in [0, 0.05) is 27.3 Å². The van der Waals surface area contributed by atoms with E-state index in [2.05, 4.69) is 164 Å². The predicted octanol–water partition coefficient (Wildman–Crippen LogP) is 13.7. The number of aromatic nitrogens is 2. The van der Waals surface area contributed by atoms with Crippen molar-refractivity contribution >= 4 is 39.3 Å². The summed E-state index contributed by atoms with van der Waals surface area (Å²) in [5, 5.41) is 6.49. The molecule has 0 bridgehead atoms. The lowest BCUT2D eigenvalue weighted by Gasteiger charge is -2.21. The smallest absolute Gasteiger partial charge is 0.160 e. The molecule has 1 aliphatic rings. The predicted molar refractivity (Wildman–Crippen MR) is 248 cm³/mol. The van der Waals surface area contributed by atoms with Gasteiger partial charge in [-0.1, -0.05) is 200 Å². The van der Waals surface area contributed by atoms with Gasteiger partial charge in [0.1, 0.15) is 7.14 Å². The summed E-state index contributed by atoms with van der Waals surface area (Å²) >= 11 is 0. The van der Waals surface area contributed by atoms with Crippen LogP contribution in [-0.2, 0) is 4.57 Å². The largest absolute Gasteiger partial charge is 0.314 e. The quantitative estimate of drug-likeness (QED) is 0.125. The third-order valence-electron chi connectivity index (χ3n) is 11.8. The number of nitrogens with zero attached hydrogens (tertiary/aromatic N) is 2. The molecule has 10 aromatic rings. The second-order valence-corrected chi connectivity index (χ2v) is 18.1. The van der Waals surface area contributed by atoms with Crippen molar-refractivity contribution in [2.45, 2.75) is 0 Å². The molecule has 0 amide bonds. The van der Waals surface area contributed by atoms with Crippen molar-refractivity contribution in [1.29, 1.82) is 0 Å². The van der Waals surface area contributed by atoms with Gasteiger partial charge < -0.3 is 4.57 Å². The minimum absolute atomic E-state index is 0.689. The monoisotopic (exact) mass is 772 g/mol. The molecule has 0 saturated heterocycles. The Morgan fingerprint density at radius 1 is 0.356 bits per heavy atom. The molecule has 0 radical (unpaired) electrons. The average molecular weight is 773 g/mol. The zero-order valence-electron chi connectivity index (χ0n) is 32.4. The Morgan fingerprint density at radius 2 is 0.780 bits per heavy atom. The van der Waals surface area contributed by atoms with Crippen molar-refractivity contribution in [2.75, 3.05) is 6.66 Å². The molecule has 0 aliphatic carbocycles. The first kappa shape index (κ1) is 35.0. The fourth-order valence-electron chi connectivity index (χ4n) is 9.08. The molecule has 278 valence electrons. The molecular formula is C55H37N2OP. The number of fused-ring (bicyclic) bond motifs is 5. The molecule has 2 heterocycles. The maximum absolute atomic E-state index is 14.8. The van der Waals surface area contributed by atoms with E-state index in [9.17, 15) is 4.57 Å². The normalized spacial score (nSPS) is 14.3. The van der Waals surface area contributed by atoms with E-state index in [4.69, 9.17) is 9.97 Å². The lowest BCUT2D eigenvalue weighted by Crippen LogP contribution is -2.11. The molecular weight excluding hydrogens is 736 g/mol. The zero-order valence-corrected chi connectivity index (χ0v) is 33.3. The summed E-state index contributed by atoms with van der Waals surface area (Å²) in [6, 6.07) is 72.1. The third kappa shape index (κ3) is 5.85. The summed E-state index contributed by atoms with van der Waals surface area (Å²) in [7, 11) is -2.86. The van der Waals surface area contributed by atoms with Crippen molar-refractivity contribution in [3.8, 4) is 78.4 Å².